The second kappa shape index (κ2) is 9.26. The fourth-order valence-electron chi connectivity index (χ4n) is 3.95. The number of hydrogen-bond donors (Lipinski definition) is 1. The Morgan fingerprint density at radius 1 is 0.968 bits per heavy atom. The van der Waals surface area contributed by atoms with E-state index in [0.29, 0.717) is 11.1 Å². The predicted molar refractivity (Wildman–Crippen MR) is 111 cm³/mol. The Morgan fingerprint density at radius 2 is 1.48 bits per heavy atom. The monoisotopic (exact) mass is 418 g/mol. The lowest BCUT2D eigenvalue weighted by Gasteiger charge is -2.32. The standard InChI is InChI=1S/C24H22N2O5/c1-3-30-21(27)18(15-25)20-19(22(28)31-4-2)24(23(29)26-20,16-11-7-5-8-12-16)17-13-9-6-10-14-17/h5-14,19H,3-4H2,1-2H3,(H,26,29)/b20-18-. The molecule has 1 N–H and O–H groups in total. The Balaban J connectivity index is 2.39. The van der Waals surface area contributed by atoms with E-state index < -0.39 is 34.8 Å². The summed E-state index contributed by atoms with van der Waals surface area (Å²) in [6.07, 6.45) is 0. The minimum Gasteiger partial charge on any atom is -0.465 e. The lowest BCUT2D eigenvalue weighted by Crippen LogP contribution is -2.44. The number of nitrogens with zero attached hydrogens (tertiary/aromatic N) is 1. The molecule has 1 amide bonds. The Bertz CT molecular complexity index is 1010. The summed E-state index contributed by atoms with van der Waals surface area (Å²) in [5.41, 5.74) is -1.00. The first kappa shape index (κ1) is 21.8. The highest BCUT2D eigenvalue weighted by Crippen LogP contribution is 2.48. The van der Waals surface area contributed by atoms with E-state index >= 15 is 0 Å². The van der Waals surface area contributed by atoms with Crippen LogP contribution in [0.5, 0.6) is 0 Å². The zero-order valence-electron chi connectivity index (χ0n) is 17.3. The molecule has 158 valence electrons. The summed E-state index contributed by atoms with van der Waals surface area (Å²) < 4.78 is 10.3. The Labute approximate surface area is 180 Å². The third kappa shape index (κ3) is 3.68. The van der Waals surface area contributed by atoms with E-state index in [1.807, 2.05) is 0 Å². The first-order valence-electron chi connectivity index (χ1n) is 9.92. The van der Waals surface area contributed by atoms with Crippen LogP contribution in [0.3, 0.4) is 0 Å². The molecule has 7 nitrogen and oxygen atoms in total. The molecule has 1 unspecified atom stereocenters. The molecule has 0 aromatic heterocycles. The minimum atomic E-state index is -1.53. The highest BCUT2D eigenvalue weighted by Gasteiger charge is 2.60. The molecule has 3 rings (SSSR count). The highest BCUT2D eigenvalue weighted by atomic mass is 16.5. The van der Waals surface area contributed by atoms with E-state index in [2.05, 4.69) is 5.32 Å². The predicted octanol–water partition coefficient (Wildman–Crippen LogP) is 2.62. The van der Waals surface area contributed by atoms with E-state index in [9.17, 15) is 19.6 Å². The average Bonchev–Trinajstić information content (AvgIpc) is 3.09. The van der Waals surface area contributed by atoms with Crippen LogP contribution in [0.1, 0.15) is 25.0 Å². The van der Waals surface area contributed by atoms with Crippen LogP contribution in [-0.4, -0.2) is 31.1 Å². The van der Waals surface area contributed by atoms with Crippen molar-refractivity contribution >= 4 is 17.8 Å². The molecule has 0 radical (unpaired) electrons. The molecule has 1 aliphatic heterocycles. The lowest BCUT2D eigenvalue weighted by atomic mass is 9.66. The van der Waals surface area contributed by atoms with Gasteiger partial charge in [0, 0.05) is 0 Å². The summed E-state index contributed by atoms with van der Waals surface area (Å²) >= 11 is 0. The summed E-state index contributed by atoms with van der Waals surface area (Å²) in [6.45, 7) is 3.36. The summed E-state index contributed by atoms with van der Waals surface area (Å²) in [7, 11) is 0. The second-order valence-electron chi connectivity index (χ2n) is 6.80. The third-order valence-electron chi connectivity index (χ3n) is 5.17. The van der Waals surface area contributed by atoms with Gasteiger partial charge in [-0.05, 0) is 25.0 Å². The summed E-state index contributed by atoms with van der Waals surface area (Å²) in [4.78, 5) is 39.3. The van der Waals surface area contributed by atoms with Crippen LogP contribution in [0.15, 0.2) is 71.9 Å². The molecule has 0 saturated carbocycles. The fourth-order valence-corrected chi connectivity index (χ4v) is 3.95. The van der Waals surface area contributed by atoms with E-state index in [1.54, 1.807) is 80.6 Å². The molecule has 0 aliphatic carbocycles. The number of benzene rings is 2. The maximum atomic E-state index is 13.6. The van der Waals surface area contributed by atoms with Crippen LogP contribution in [0.4, 0.5) is 0 Å². The van der Waals surface area contributed by atoms with Gasteiger partial charge in [0.1, 0.15) is 17.4 Å². The smallest absolute Gasteiger partial charge is 0.350 e. The van der Waals surface area contributed by atoms with Crippen molar-refractivity contribution in [3.05, 3.63) is 83.1 Å². The molecule has 0 spiro atoms. The van der Waals surface area contributed by atoms with Crippen LogP contribution in [0, 0.1) is 17.2 Å². The maximum Gasteiger partial charge on any atom is 0.350 e. The molecular weight excluding hydrogens is 396 g/mol. The normalized spacial score (nSPS) is 18.5. The molecule has 1 aliphatic rings. The number of carbonyl (C=O) groups is 3. The van der Waals surface area contributed by atoms with Crippen molar-refractivity contribution < 1.29 is 23.9 Å². The summed E-state index contributed by atoms with van der Waals surface area (Å²) in [5, 5.41) is 12.3. The van der Waals surface area contributed by atoms with Crippen LogP contribution < -0.4 is 5.32 Å². The van der Waals surface area contributed by atoms with Gasteiger partial charge in [0.05, 0.1) is 18.9 Å². The minimum absolute atomic E-state index is 0.0395. The van der Waals surface area contributed by atoms with Crippen LogP contribution in [0.25, 0.3) is 0 Å². The number of hydrogen-bond acceptors (Lipinski definition) is 6. The number of ether oxygens (including phenoxy) is 2. The Hall–Kier alpha value is -3.92. The number of carbonyl (C=O) groups excluding carboxylic acids is 3. The third-order valence-corrected chi connectivity index (χ3v) is 5.17. The van der Waals surface area contributed by atoms with Gasteiger partial charge in [-0.2, -0.15) is 5.26 Å². The first-order valence-corrected chi connectivity index (χ1v) is 9.92. The van der Waals surface area contributed by atoms with Gasteiger partial charge in [0.2, 0.25) is 5.91 Å². The molecule has 1 saturated heterocycles. The molecule has 31 heavy (non-hydrogen) atoms. The molecule has 1 atom stereocenters. The van der Waals surface area contributed by atoms with Gasteiger partial charge < -0.3 is 14.8 Å². The van der Waals surface area contributed by atoms with Crippen molar-refractivity contribution in [2.24, 2.45) is 5.92 Å². The average molecular weight is 418 g/mol. The van der Waals surface area contributed by atoms with Crippen molar-refractivity contribution in [1.82, 2.24) is 5.32 Å². The van der Waals surface area contributed by atoms with Crippen LogP contribution in [-0.2, 0) is 29.3 Å². The number of amides is 1. The SMILES string of the molecule is CCOC(=O)/C(C#N)=C1\NC(=O)C(c2ccccc2)(c2ccccc2)C1C(=O)OCC. The van der Waals surface area contributed by atoms with E-state index in [4.69, 9.17) is 9.47 Å². The van der Waals surface area contributed by atoms with Gasteiger partial charge >= 0.3 is 11.9 Å². The number of nitrogens with one attached hydrogen (secondary N) is 1. The molecule has 7 heteroatoms. The molecular formula is C24H22N2O5. The maximum absolute atomic E-state index is 13.6. The first-order chi connectivity index (χ1) is 15.0. The van der Waals surface area contributed by atoms with Gasteiger partial charge in [-0.1, -0.05) is 60.7 Å². The lowest BCUT2D eigenvalue weighted by molar-refractivity contribution is -0.149. The fraction of sp³-hybridized carbons (Fsp3) is 0.250. The van der Waals surface area contributed by atoms with Crippen molar-refractivity contribution in [3.8, 4) is 6.07 Å². The van der Waals surface area contributed by atoms with Gasteiger partial charge in [0.25, 0.3) is 0 Å². The van der Waals surface area contributed by atoms with Crippen molar-refractivity contribution in [2.75, 3.05) is 13.2 Å². The molecule has 2 aromatic carbocycles. The van der Waals surface area contributed by atoms with Gasteiger partial charge in [-0.3, -0.25) is 9.59 Å². The largest absolute Gasteiger partial charge is 0.465 e. The second-order valence-corrected chi connectivity index (χ2v) is 6.80. The Kier molecular flexibility index (Phi) is 6.51. The zero-order chi connectivity index (χ0) is 22.4. The molecule has 1 heterocycles. The quantitative estimate of drug-likeness (QED) is 0.439. The summed E-state index contributed by atoms with van der Waals surface area (Å²) in [6, 6.07) is 19.4. The number of esters is 2. The van der Waals surface area contributed by atoms with E-state index in [-0.39, 0.29) is 18.9 Å². The number of nitriles is 1. The highest BCUT2D eigenvalue weighted by molar-refractivity contribution is 6.06. The summed E-state index contributed by atoms with van der Waals surface area (Å²) in [5.74, 6) is -3.44. The number of rotatable bonds is 6. The molecule has 1 fully saturated rings. The van der Waals surface area contributed by atoms with Gasteiger partial charge in [-0.15, -0.1) is 0 Å². The molecule has 2 aromatic rings. The van der Waals surface area contributed by atoms with E-state index in [1.165, 1.54) is 0 Å². The van der Waals surface area contributed by atoms with E-state index in [0.717, 1.165) is 0 Å². The zero-order valence-corrected chi connectivity index (χ0v) is 17.3. The van der Waals surface area contributed by atoms with Crippen LogP contribution >= 0.6 is 0 Å². The Morgan fingerprint density at radius 3 is 1.94 bits per heavy atom. The van der Waals surface area contributed by atoms with Crippen molar-refractivity contribution in [1.29, 1.82) is 5.26 Å². The topological polar surface area (TPSA) is 105 Å². The van der Waals surface area contributed by atoms with Crippen molar-refractivity contribution in [2.45, 2.75) is 19.3 Å². The van der Waals surface area contributed by atoms with Gasteiger partial charge in [-0.25, -0.2) is 4.79 Å². The van der Waals surface area contributed by atoms with Crippen molar-refractivity contribution in [3.63, 3.8) is 0 Å². The van der Waals surface area contributed by atoms with Crippen LogP contribution in [0.2, 0.25) is 0 Å². The molecule has 0 bridgehead atoms. The van der Waals surface area contributed by atoms with Gasteiger partial charge in [0.15, 0.2) is 5.57 Å².